The monoisotopic (exact) mass is 437 g/mol. The van der Waals surface area contributed by atoms with E-state index in [9.17, 15) is 4.79 Å². The normalized spacial score (nSPS) is 11.3. The second kappa shape index (κ2) is 6.72. The maximum Gasteiger partial charge on any atom is 0.280 e. The Bertz CT molecular complexity index is 943. The second-order valence-corrected chi connectivity index (χ2v) is 6.58. The fraction of sp³-hybridized carbons (Fsp3) is 0.0588. The van der Waals surface area contributed by atoms with Crippen LogP contribution < -0.4 is 5.56 Å². The lowest BCUT2D eigenvalue weighted by atomic mass is 10.2. The highest BCUT2D eigenvalue weighted by molar-refractivity contribution is 14.1. The summed E-state index contributed by atoms with van der Waals surface area (Å²) in [4.78, 5) is 17.0. The predicted molar refractivity (Wildman–Crippen MR) is 103 cm³/mol. The summed E-state index contributed by atoms with van der Waals surface area (Å²) in [6.45, 7) is 1.85. The van der Waals surface area contributed by atoms with Gasteiger partial charge in [-0.15, -0.1) is 0 Å². The first-order valence-electron chi connectivity index (χ1n) is 6.92. The number of nitrogens with zero attached hydrogens (tertiary/aromatic N) is 2. The topological polar surface area (TPSA) is 50.1 Å². The van der Waals surface area contributed by atoms with Crippen LogP contribution in [0.4, 0.5) is 5.69 Å². The first-order valence-corrected chi connectivity index (χ1v) is 8.38. The second-order valence-electron chi connectivity index (χ2n) is 4.98. The molecule has 0 fully saturated rings. The third kappa shape index (κ3) is 3.40. The minimum absolute atomic E-state index is 0.153. The summed E-state index contributed by atoms with van der Waals surface area (Å²) < 4.78 is 2.50. The lowest BCUT2D eigenvalue weighted by Crippen LogP contribution is -2.17. The smallest absolute Gasteiger partial charge is 0.280 e. The van der Waals surface area contributed by atoms with Crippen LogP contribution in [0, 0.1) is 10.5 Å². The molecule has 0 radical (unpaired) electrons. The number of nitrogens with one attached hydrogen (secondary N) is 1. The number of halogens is 2. The molecule has 3 aromatic rings. The van der Waals surface area contributed by atoms with Crippen LogP contribution in [0.1, 0.15) is 11.3 Å². The van der Waals surface area contributed by atoms with Gasteiger partial charge in [0.05, 0.1) is 16.9 Å². The summed E-state index contributed by atoms with van der Waals surface area (Å²) >= 11 is 8.21. The highest BCUT2D eigenvalue weighted by Gasteiger charge is 2.11. The molecular formula is C17H13ClIN3O. The van der Waals surface area contributed by atoms with Crippen molar-refractivity contribution in [2.75, 3.05) is 0 Å². The molecule has 4 nitrogen and oxygen atoms in total. The van der Waals surface area contributed by atoms with E-state index >= 15 is 0 Å². The van der Waals surface area contributed by atoms with Gasteiger partial charge in [-0.3, -0.25) is 14.9 Å². The molecule has 1 aromatic heterocycles. The number of aromatic amines is 1. The summed E-state index contributed by atoms with van der Waals surface area (Å²) in [5.41, 5.74) is 2.66. The number of aromatic nitrogens is 2. The fourth-order valence-corrected chi connectivity index (χ4v) is 2.91. The Balaban J connectivity index is 2.02. The molecule has 0 aliphatic rings. The maximum absolute atomic E-state index is 12.6. The molecule has 3 rings (SSSR count). The van der Waals surface area contributed by atoms with Crippen molar-refractivity contribution in [1.82, 2.24) is 9.78 Å². The number of benzene rings is 2. The van der Waals surface area contributed by atoms with Gasteiger partial charge in [-0.1, -0.05) is 29.8 Å². The number of rotatable bonds is 3. The summed E-state index contributed by atoms with van der Waals surface area (Å²) in [6, 6.07) is 14.9. The standard InChI is InChI=1S/C17H13ClIN3O/c1-11-14(10-20-16-8-3-2-7-15(16)19)17(23)22(21-11)13-6-4-5-12(18)9-13/h2-10,21H,1H3. The Morgan fingerprint density at radius 1 is 1.22 bits per heavy atom. The Kier molecular flexibility index (Phi) is 4.68. The van der Waals surface area contributed by atoms with E-state index in [1.807, 2.05) is 37.3 Å². The average molecular weight is 438 g/mol. The lowest BCUT2D eigenvalue weighted by Gasteiger charge is -2.01. The lowest BCUT2D eigenvalue weighted by molar-refractivity contribution is 0.835. The van der Waals surface area contributed by atoms with Crippen LogP contribution in [-0.2, 0) is 0 Å². The van der Waals surface area contributed by atoms with Crippen LogP contribution in [0.15, 0.2) is 58.3 Å². The number of hydrogen-bond acceptors (Lipinski definition) is 2. The van der Waals surface area contributed by atoms with E-state index in [1.54, 1.807) is 24.4 Å². The number of H-pyrrole nitrogens is 1. The molecule has 0 spiro atoms. The third-order valence-electron chi connectivity index (χ3n) is 3.37. The molecule has 2 aromatic carbocycles. The van der Waals surface area contributed by atoms with Gasteiger partial charge in [-0.25, -0.2) is 4.68 Å². The van der Waals surface area contributed by atoms with Crippen molar-refractivity contribution in [2.45, 2.75) is 6.92 Å². The van der Waals surface area contributed by atoms with E-state index in [-0.39, 0.29) is 5.56 Å². The van der Waals surface area contributed by atoms with Crippen LogP contribution in [0.2, 0.25) is 5.02 Å². The van der Waals surface area contributed by atoms with Gasteiger partial charge in [0.15, 0.2) is 0 Å². The van der Waals surface area contributed by atoms with Crippen LogP contribution in [0.25, 0.3) is 5.69 Å². The molecule has 0 bridgehead atoms. The van der Waals surface area contributed by atoms with Gasteiger partial charge in [-0.05, 0) is 59.8 Å². The van der Waals surface area contributed by atoms with E-state index < -0.39 is 0 Å². The highest BCUT2D eigenvalue weighted by atomic mass is 127. The predicted octanol–water partition coefficient (Wildman–Crippen LogP) is 4.48. The number of para-hydroxylation sites is 1. The molecule has 1 N–H and O–H groups in total. The summed E-state index contributed by atoms with van der Waals surface area (Å²) in [5.74, 6) is 0. The maximum atomic E-state index is 12.6. The van der Waals surface area contributed by atoms with E-state index in [2.05, 4.69) is 32.7 Å². The molecule has 23 heavy (non-hydrogen) atoms. The van der Waals surface area contributed by atoms with Gasteiger partial charge in [0.1, 0.15) is 0 Å². The molecule has 0 amide bonds. The molecule has 0 saturated heterocycles. The third-order valence-corrected chi connectivity index (χ3v) is 4.52. The molecule has 0 atom stereocenters. The quantitative estimate of drug-likeness (QED) is 0.477. The van der Waals surface area contributed by atoms with E-state index in [4.69, 9.17) is 11.6 Å². The summed E-state index contributed by atoms with van der Waals surface area (Å²) in [5, 5.41) is 3.64. The van der Waals surface area contributed by atoms with Crippen molar-refractivity contribution in [1.29, 1.82) is 0 Å². The summed E-state index contributed by atoms with van der Waals surface area (Å²) in [6.07, 6.45) is 1.60. The number of aliphatic imine (C=N–C) groups is 1. The van der Waals surface area contributed by atoms with Crippen molar-refractivity contribution >= 4 is 46.1 Å². The Labute approximate surface area is 152 Å². The number of hydrogen-bond donors (Lipinski definition) is 1. The highest BCUT2D eigenvalue weighted by Crippen LogP contribution is 2.20. The first-order chi connectivity index (χ1) is 11.1. The van der Waals surface area contributed by atoms with Crippen molar-refractivity contribution in [3.8, 4) is 5.69 Å². The van der Waals surface area contributed by atoms with E-state index in [0.717, 1.165) is 15.0 Å². The van der Waals surface area contributed by atoms with Crippen LogP contribution in [0.3, 0.4) is 0 Å². The van der Waals surface area contributed by atoms with Crippen LogP contribution >= 0.6 is 34.2 Å². The Morgan fingerprint density at radius 3 is 2.74 bits per heavy atom. The molecular weight excluding hydrogens is 425 g/mol. The van der Waals surface area contributed by atoms with Gasteiger partial charge in [0, 0.05) is 20.5 Å². The van der Waals surface area contributed by atoms with Crippen molar-refractivity contribution in [2.24, 2.45) is 4.99 Å². The first kappa shape index (κ1) is 16.0. The van der Waals surface area contributed by atoms with Crippen LogP contribution in [0.5, 0.6) is 0 Å². The van der Waals surface area contributed by atoms with Gasteiger partial charge in [0.25, 0.3) is 5.56 Å². The molecule has 0 aliphatic heterocycles. The van der Waals surface area contributed by atoms with Gasteiger partial charge >= 0.3 is 0 Å². The van der Waals surface area contributed by atoms with Crippen molar-refractivity contribution < 1.29 is 0 Å². The molecule has 6 heteroatoms. The average Bonchev–Trinajstić information content (AvgIpc) is 2.81. The molecule has 0 unspecified atom stereocenters. The zero-order valence-corrected chi connectivity index (χ0v) is 15.2. The largest absolute Gasteiger partial charge is 0.295 e. The van der Waals surface area contributed by atoms with E-state index in [0.29, 0.717) is 16.3 Å². The summed E-state index contributed by atoms with van der Waals surface area (Å²) in [7, 11) is 0. The SMILES string of the molecule is Cc1[nH]n(-c2cccc(Cl)c2)c(=O)c1C=Nc1ccccc1I. The van der Waals surface area contributed by atoms with E-state index in [1.165, 1.54) is 4.68 Å². The zero-order chi connectivity index (χ0) is 16.4. The Morgan fingerprint density at radius 2 is 2.00 bits per heavy atom. The number of aryl methyl sites for hydroxylation is 1. The van der Waals surface area contributed by atoms with Gasteiger partial charge in [0.2, 0.25) is 0 Å². The molecule has 1 heterocycles. The van der Waals surface area contributed by atoms with Crippen molar-refractivity contribution in [3.63, 3.8) is 0 Å². The van der Waals surface area contributed by atoms with Crippen LogP contribution in [-0.4, -0.2) is 16.0 Å². The molecule has 0 aliphatic carbocycles. The Hall–Kier alpha value is -1.86. The minimum Gasteiger partial charge on any atom is -0.295 e. The van der Waals surface area contributed by atoms with Crippen molar-refractivity contribution in [3.05, 3.63) is 78.7 Å². The zero-order valence-electron chi connectivity index (χ0n) is 12.3. The molecule has 116 valence electrons. The fourth-order valence-electron chi connectivity index (χ4n) is 2.20. The minimum atomic E-state index is -0.153. The van der Waals surface area contributed by atoms with Gasteiger partial charge < -0.3 is 0 Å². The van der Waals surface area contributed by atoms with Gasteiger partial charge in [-0.2, -0.15) is 0 Å². The molecule has 0 saturated carbocycles.